The lowest BCUT2D eigenvalue weighted by Crippen LogP contribution is -2.38. The molecule has 0 saturated heterocycles. The fourth-order valence-corrected chi connectivity index (χ4v) is 2.83. The SMILES string of the molecule is COc1ccc(Cn2cc3c(=O)n(C)c(=O)n(CC(C)C)c3n2)cc1. The first-order chi connectivity index (χ1) is 11.9. The summed E-state index contributed by atoms with van der Waals surface area (Å²) in [4.78, 5) is 24.9. The molecule has 0 aliphatic rings. The molecule has 0 unspecified atom stereocenters. The molecule has 132 valence electrons. The van der Waals surface area contributed by atoms with Crippen LogP contribution in [0.15, 0.2) is 40.1 Å². The van der Waals surface area contributed by atoms with E-state index >= 15 is 0 Å². The van der Waals surface area contributed by atoms with Crippen molar-refractivity contribution in [2.24, 2.45) is 13.0 Å². The summed E-state index contributed by atoms with van der Waals surface area (Å²) < 4.78 is 9.57. The van der Waals surface area contributed by atoms with E-state index in [9.17, 15) is 9.59 Å². The lowest BCUT2D eigenvalue weighted by molar-refractivity contribution is 0.414. The summed E-state index contributed by atoms with van der Waals surface area (Å²) in [5.74, 6) is 1.05. The quantitative estimate of drug-likeness (QED) is 0.706. The summed E-state index contributed by atoms with van der Waals surface area (Å²) in [5, 5.41) is 4.96. The monoisotopic (exact) mass is 342 g/mol. The zero-order valence-electron chi connectivity index (χ0n) is 14.9. The van der Waals surface area contributed by atoms with Crippen molar-refractivity contribution in [1.29, 1.82) is 0 Å². The van der Waals surface area contributed by atoms with Crippen LogP contribution in [0.25, 0.3) is 11.0 Å². The van der Waals surface area contributed by atoms with Crippen LogP contribution >= 0.6 is 0 Å². The van der Waals surface area contributed by atoms with Gasteiger partial charge in [-0.3, -0.25) is 18.6 Å². The normalized spacial score (nSPS) is 11.4. The molecule has 0 spiro atoms. The second kappa shape index (κ2) is 6.58. The molecule has 0 radical (unpaired) electrons. The number of aromatic nitrogens is 4. The lowest BCUT2D eigenvalue weighted by Gasteiger charge is -2.10. The molecule has 0 amide bonds. The van der Waals surface area contributed by atoms with Gasteiger partial charge in [-0.05, 0) is 23.6 Å². The fourth-order valence-electron chi connectivity index (χ4n) is 2.83. The predicted molar refractivity (Wildman–Crippen MR) is 96.2 cm³/mol. The second-order valence-electron chi connectivity index (χ2n) is 6.56. The summed E-state index contributed by atoms with van der Waals surface area (Å²) in [5.41, 5.74) is 0.820. The van der Waals surface area contributed by atoms with Crippen LogP contribution < -0.4 is 16.0 Å². The molecule has 0 aliphatic heterocycles. The highest BCUT2D eigenvalue weighted by Crippen LogP contribution is 2.14. The average Bonchev–Trinajstić information content (AvgIpc) is 3.01. The van der Waals surface area contributed by atoms with Crippen LogP contribution in [0.1, 0.15) is 19.4 Å². The lowest BCUT2D eigenvalue weighted by atomic mass is 10.2. The van der Waals surface area contributed by atoms with Crippen molar-refractivity contribution in [3.8, 4) is 5.75 Å². The van der Waals surface area contributed by atoms with Crippen molar-refractivity contribution in [2.75, 3.05) is 7.11 Å². The molecule has 3 rings (SSSR count). The molecule has 0 N–H and O–H groups in total. The summed E-state index contributed by atoms with van der Waals surface area (Å²) in [6.07, 6.45) is 1.71. The Hall–Kier alpha value is -2.83. The van der Waals surface area contributed by atoms with E-state index in [0.717, 1.165) is 15.9 Å². The Morgan fingerprint density at radius 3 is 2.44 bits per heavy atom. The van der Waals surface area contributed by atoms with Gasteiger partial charge in [0.05, 0.1) is 13.7 Å². The maximum atomic E-state index is 12.4. The highest BCUT2D eigenvalue weighted by atomic mass is 16.5. The van der Waals surface area contributed by atoms with Gasteiger partial charge in [0.1, 0.15) is 11.1 Å². The van der Waals surface area contributed by atoms with Crippen LogP contribution in [0.5, 0.6) is 5.75 Å². The summed E-state index contributed by atoms with van der Waals surface area (Å²) in [6.45, 7) is 5.08. The molecule has 0 aliphatic carbocycles. The third-order valence-electron chi connectivity index (χ3n) is 4.10. The number of hydrogen-bond donors (Lipinski definition) is 0. The molecule has 2 aromatic heterocycles. The Balaban J connectivity index is 2.07. The topological polar surface area (TPSA) is 71.0 Å². The molecule has 0 fully saturated rings. The van der Waals surface area contributed by atoms with Gasteiger partial charge in [0, 0.05) is 19.8 Å². The number of nitrogens with zero attached hydrogens (tertiary/aromatic N) is 4. The third-order valence-corrected chi connectivity index (χ3v) is 4.10. The minimum Gasteiger partial charge on any atom is -0.497 e. The molecule has 2 heterocycles. The van der Waals surface area contributed by atoms with Gasteiger partial charge in [-0.1, -0.05) is 26.0 Å². The van der Waals surface area contributed by atoms with Gasteiger partial charge in [-0.15, -0.1) is 0 Å². The minimum absolute atomic E-state index is 0.269. The maximum Gasteiger partial charge on any atom is 0.332 e. The summed E-state index contributed by atoms with van der Waals surface area (Å²) in [6, 6.07) is 7.66. The minimum atomic E-state index is -0.333. The first-order valence-electron chi connectivity index (χ1n) is 8.20. The highest BCUT2D eigenvalue weighted by Gasteiger charge is 2.15. The fraction of sp³-hybridized carbons (Fsp3) is 0.389. The van der Waals surface area contributed by atoms with Crippen molar-refractivity contribution < 1.29 is 4.74 Å². The van der Waals surface area contributed by atoms with Gasteiger partial charge in [0.25, 0.3) is 5.56 Å². The Labute approximate surface area is 145 Å². The van der Waals surface area contributed by atoms with Crippen LogP contribution in [-0.2, 0) is 20.1 Å². The van der Waals surface area contributed by atoms with E-state index in [0.29, 0.717) is 24.1 Å². The second-order valence-corrected chi connectivity index (χ2v) is 6.56. The standard InChI is InChI=1S/C18H22N4O3/c1-12(2)9-22-16-15(17(23)20(3)18(22)24)11-21(19-16)10-13-5-7-14(25-4)8-6-13/h5-8,11-12H,9-10H2,1-4H3. The van der Waals surface area contributed by atoms with Gasteiger partial charge in [-0.2, -0.15) is 5.10 Å². The van der Waals surface area contributed by atoms with Crippen LogP contribution in [-0.4, -0.2) is 26.0 Å². The maximum absolute atomic E-state index is 12.4. The number of methoxy groups -OCH3 is 1. The third kappa shape index (κ3) is 3.22. The van der Waals surface area contributed by atoms with E-state index in [4.69, 9.17) is 4.74 Å². The van der Waals surface area contributed by atoms with E-state index < -0.39 is 0 Å². The molecular formula is C18H22N4O3. The Kier molecular flexibility index (Phi) is 4.48. The smallest absolute Gasteiger partial charge is 0.332 e. The van der Waals surface area contributed by atoms with Gasteiger partial charge >= 0.3 is 5.69 Å². The van der Waals surface area contributed by atoms with Gasteiger partial charge in [0.2, 0.25) is 0 Å². The van der Waals surface area contributed by atoms with Crippen LogP contribution in [0.3, 0.4) is 0 Å². The molecule has 3 aromatic rings. The van der Waals surface area contributed by atoms with Crippen LogP contribution in [0, 0.1) is 5.92 Å². The Morgan fingerprint density at radius 2 is 1.84 bits per heavy atom. The van der Waals surface area contributed by atoms with Gasteiger partial charge in [0.15, 0.2) is 5.65 Å². The number of rotatable bonds is 5. The number of benzene rings is 1. The zero-order valence-corrected chi connectivity index (χ0v) is 14.9. The Bertz CT molecular complexity index is 1010. The molecule has 0 atom stereocenters. The predicted octanol–water partition coefficient (Wildman–Crippen LogP) is 1.61. The zero-order chi connectivity index (χ0) is 18.1. The Morgan fingerprint density at radius 1 is 1.16 bits per heavy atom. The van der Waals surface area contributed by atoms with E-state index in [1.54, 1.807) is 22.6 Å². The first kappa shape index (κ1) is 17.0. The summed E-state index contributed by atoms with van der Waals surface area (Å²) >= 11 is 0. The number of ether oxygens (including phenoxy) is 1. The first-order valence-corrected chi connectivity index (χ1v) is 8.20. The van der Waals surface area contributed by atoms with Gasteiger partial charge in [-0.25, -0.2) is 4.79 Å². The van der Waals surface area contributed by atoms with Crippen molar-refractivity contribution in [2.45, 2.75) is 26.9 Å². The molecule has 0 bridgehead atoms. The number of hydrogen-bond acceptors (Lipinski definition) is 4. The molecule has 7 nitrogen and oxygen atoms in total. The largest absolute Gasteiger partial charge is 0.497 e. The van der Waals surface area contributed by atoms with Crippen molar-refractivity contribution in [3.05, 3.63) is 56.9 Å². The van der Waals surface area contributed by atoms with E-state index in [1.165, 1.54) is 7.05 Å². The molecule has 1 aromatic carbocycles. The van der Waals surface area contributed by atoms with E-state index in [1.807, 2.05) is 38.1 Å². The van der Waals surface area contributed by atoms with Crippen molar-refractivity contribution >= 4 is 11.0 Å². The van der Waals surface area contributed by atoms with Crippen molar-refractivity contribution in [3.63, 3.8) is 0 Å². The van der Waals surface area contributed by atoms with Crippen molar-refractivity contribution in [1.82, 2.24) is 18.9 Å². The van der Waals surface area contributed by atoms with Gasteiger partial charge < -0.3 is 4.74 Å². The molecular weight excluding hydrogens is 320 g/mol. The molecule has 0 saturated carbocycles. The highest BCUT2D eigenvalue weighted by molar-refractivity contribution is 5.73. The summed E-state index contributed by atoms with van der Waals surface area (Å²) in [7, 11) is 3.13. The molecule has 25 heavy (non-hydrogen) atoms. The number of fused-ring (bicyclic) bond motifs is 1. The van der Waals surface area contributed by atoms with Crippen LogP contribution in [0.4, 0.5) is 0 Å². The van der Waals surface area contributed by atoms with E-state index in [2.05, 4.69) is 5.10 Å². The van der Waals surface area contributed by atoms with E-state index in [-0.39, 0.29) is 17.2 Å². The molecule has 7 heteroatoms. The van der Waals surface area contributed by atoms with Crippen LogP contribution in [0.2, 0.25) is 0 Å². The average molecular weight is 342 g/mol.